The Morgan fingerprint density at radius 3 is 2.34 bits per heavy atom. The van der Waals surface area contributed by atoms with E-state index in [2.05, 4.69) is 5.10 Å². The van der Waals surface area contributed by atoms with Crippen molar-refractivity contribution in [1.82, 2.24) is 19.2 Å². The first-order chi connectivity index (χ1) is 13.8. The predicted molar refractivity (Wildman–Crippen MR) is 112 cm³/mol. The Labute approximate surface area is 168 Å². The Hall–Kier alpha value is -3.48. The van der Waals surface area contributed by atoms with Gasteiger partial charge < -0.3 is 4.90 Å². The van der Waals surface area contributed by atoms with E-state index < -0.39 is 17.2 Å². The van der Waals surface area contributed by atoms with E-state index in [1.807, 2.05) is 56.3 Å². The van der Waals surface area contributed by atoms with Crippen molar-refractivity contribution in [3.8, 4) is 5.69 Å². The molecule has 0 saturated carbocycles. The fourth-order valence-electron chi connectivity index (χ4n) is 2.90. The van der Waals surface area contributed by atoms with Crippen LogP contribution in [0.4, 0.5) is 0 Å². The van der Waals surface area contributed by atoms with Crippen molar-refractivity contribution in [3.05, 3.63) is 91.8 Å². The Morgan fingerprint density at radius 2 is 1.72 bits per heavy atom. The maximum atomic E-state index is 13.1. The zero-order valence-corrected chi connectivity index (χ0v) is 17.0. The summed E-state index contributed by atoms with van der Waals surface area (Å²) >= 11 is 0. The van der Waals surface area contributed by atoms with Crippen LogP contribution in [0, 0.1) is 13.8 Å². The van der Waals surface area contributed by atoms with Gasteiger partial charge in [-0.3, -0.25) is 14.2 Å². The van der Waals surface area contributed by atoms with Crippen molar-refractivity contribution in [2.24, 2.45) is 0 Å². The second-order valence-electron chi connectivity index (χ2n) is 7.01. The van der Waals surface area contributed by atoms with Crippen LogP contribution in [0.1, 0.15) is 34.1 Å². The molecule has 0 aliphatic heterocycles. The average Bonchev–Trinajstić information content (AvgIpc) is 2.73. The van der Waals surface area contributed by atoms with Crippen LogP contribution in [0.5, 0.6) is 0 Å². The molecule has 0 spiro atoms. The number of carbonyl (C=O) groups is 1. The summed E-state index contributed by atoms with van der Waals surface area (Å²) in [6, 6.07) is 14.6. The summed E-state index contributed by atoms with van der Waals surface area (Å²) in [4.78, 5) is 40.3. The van der Waals surface area contributed by atoms with Gasteiger partial charge in [-0.15, -0.1) is 0 Å². The van der Waals surface area contributed by atoms with E-state index in [0.29, 0.717) is 12.2 Å². The monoisotopic (exact) mass is 392 g/mol. The van der Waals surface area contributed by atoms with Crippen LogP contribution in [-0.4, -0.2) is 38.7 Å². The predicted octanol–water partition coefficient (Wildman–Crippen LogP) is 2.15. The number of benzene rings is 2. The Morgan fingerprint density at radius 1 is 1.03 bits per heavy atom. The zero-order valence-electron chi connectivity index (χ0n) is 17.0. The molecule has 0 saturated heterocycles. The molecule has 0 aliphatic rings. The summed E-state index contributed by atoms with van der Waals surface area (Å²) in [7, 11) is 1.59. The number of amides is 1. The molecular weight excluding hydrogens is 368 g/mol. The zero-order chi connectivity index (χ0) is 21.1. The number of aryl methyl sites for hydroxylation is 2. The smallest absolute Gasteiger partial charge is 0.340 e. The summed E-state index contributed by atoms with van der Waals surface area (Å²) < 4.78 is 2.20. The Kier molecular flexibility index (Phi) is 5.77. The van der Waals surface area contributed by atoms with Crippen LogP contribution in [0.2, 0.25) is 0 Å². The lowest BCUT2D eigenvalue weighted by Crippen LogP contribution is -2.46. The topological polar surface area (TPSA) is 77.2 Å². The van der Waals surface area contributed by atoms with Gasteiger partial charge in [0.15, 0.2) is 0 Å². The molecule has 150 valence electrons. The summed E-state index contributed by atoms with van der Waals surface area (Å²) in [5.74, 6) is -0.517. The van der Waals surface area contributed by atoms with Gasteiger partial charge in [0.2, 0.25) is 5.69 Å². The minimum Gasteiger partial charge on any atom is -0.340 e. The molecule has 3 rings (SSSR count). The molecule has 0 aliphatic carbocycles. The first-order valence-corrected chi connectivity index (χ1v) is 9.44. The van der Waals surface area contributed by atoms with E-state index >= 15 is 0 Å². The van der Waals surface area contributed by atoms with Crippen molar-refractivity contribution >= 4 is 5.91 Å². The lowest BCUT2D eigenvalue weighted by atomic mass is 10.1. The molecule has 0 radical (unpaired) electrons. The largest absolute Gasteiger partial charge is 0.352 e. The summed E-state index contributed by atoms with van der Waals surface area (Å²) in [6.45, 7) is 6.18. The van der Waals surface area contributed by atoms with E-state index in [1.54, 1.807) is 20.0 Å². The van der Waals surface area contributed by atoms with Gasteiger partial charge in [-0.05, 0) is 49.6 Å². The molecule has 2 aromatic carbocycles. The lowest BCUT2D eigenvalue weighted by molar-refractivity contribution is 0.0791. The van der Waals surface area contributed by atoms with Crippen molar-refractivity contribution in [1.29, 1.82) is 0 Å². The summed E-state index contributed by atoms with van der Waals surface area (Å²) in [6.07, 6.45) is 0. The van der Waals surface area contributed by atoms with Crippen LogP contribution in [0.15, 0.2) is 58.1 Å². The van der Waals surface area contributed by atoms with Crippen LogP contribution < -0.4 is 11.2 Å². The SMILES string of the molecule is CCN(C)C(=O)c1nn(-c2ccc(C)c(C)c2)c(=O)n(Cc2ccccc2)c1=O. The summed E-state index contributed by atoms with van der Waals surface area (Å²) in [5, 5.41) is 4.16. The molecule has 3 aromatic rings. The molecule has 1 heterocycles. The first kappa shape index (κ1) is 20.3. The van der Waals surface area contributed by atoms with E-state index in [0.717, 1.165) is 25.9 Å². The molecule has 0 unspecified atom stereocenters. The molecule has 7 heteroatoms. The van der Waals surface area contributed by atoms with Crippen molar-refractivity contribution in [2.45, 2.75) is 27.3 Å². The highest BCUT2D eigenvalue weighted by Crippen LogP contribution is 2.12. The average molecular weight is 392 g/mol. The van der Waals surface area contributed by atoms with Gasteiger partial charge in [0.05, 0.1) is 12.2 Å². The van der Waals surface area contributed by atoms with Crippen LogP contribution >= 0.6 is 0 Å². The molecule has 29 heavy (non-hydrogen) atoms. The van der Waals surface area contributed by atoms with Gasteiger partial charge in [-0.25, -0.2) is 4.79 Å². The molecule has 0 bridgehead atoms. The minimum absolute atomic E-state index is 0.0575. The fraction of sp³-hybridized carbons (Fsp3) is 0.273. The van der Waals surface area contributed by atoms with E-state index in [4.69, 9.17) is 0 Å². The fourth-order valence-corrected chi connectivity index (χ4v) is 2.90. The quantitative estimate of drug-likeness (QED) is 0.667. The molecule has 7 nitrogen and oxygen atoms in total. The second kappa shape index (κ2) is 8.26. The van der Waals surface area contributed by atoms with E-state index in [1.165, 1.54) is 4.90 Å². The molecular formula is C22H24N4O3. The minimum atomic E-state index is -0.691. The van der Waals surface area contributed by atoms with Gasteiger partial charge in [0.1, 0.15) is 0 Å². The number of hydrogen-bond acceptors (Lipinski definition) is 4. The Balaban J connectivity index is 2.26. The highest BCUT2D eigenvalue weighted by Gasteiger charge is 2.22. The standard InChI is InChI=1S/C22H24N4O3/c1-5-24(4)20(27)19-21(28)25(14-17-9-7-6-8-10-17)22(29)26(23-19)18-12-11-15(2)16(3)13-18/h6-13H,5,14H2,1-4H3. The second-order valence-corrected chi connectivity index (χ2v) is 7.01. The highest BCUT2D eigenvalue weighted by atomic mass is 16.2. The summed E-state index contributed by atoms with van der Waals surface area (Å²) in [5.41, 5.74) is 1.79. The maximum Gasteiger partial charge on any atom is 0.352 e. The number of rotatable bonds is 5. The van der Waals surface area contributed by atoms with Crippen molar-refractivity contribution in [2.75, 3.05) is 13.6 Å². The molecule has 0 atom stereocenters. The van der Waals surface area contributed by atoms with Gasteiger partial charge in [0, 0.05) is 13.6 Å². The van der Waals surface area contributed by atoms with Gasteiger partial charge in [0.25, 0.3) is 11.5 Å². The Bertz CT molecular complexity index is 1160. The number of hydrogen-bond donors (Lipinski definition) is 0. The molecule has 0 fully saturated rings. The maximum absolute atomic E-state index is 13.1. The van der Waals surface area contributed by atoms with E-state index in [-0.39, 0.29) is 12.2 Å². The normalized spacial score (nSPS) is 10.8. The first-order valence-electron chi connectivity index (χ1n) is 9.44. The van der Waals surface area contributed by atoms with Gasteiger partial charge in [-0.1, -0.05) is 36.4 Å². The molecule has 1 amide bonds. The van der Waals surface area contributed by atoms with Gasteiger partial charge in [-0.2, -0.15) is 9.78 Å². The number of aromatic nitrogens is 3. The van der Waals surface area contributed by atoms with Crippen LogP contribution in [0.3, 0.4) is 0 Å². The third-order valence-corrected chi connectivity index (χ3v) is 5.00. The molecule has 0 N–H and O–H groups in total. The number of carbonyl (C=O) groups excluding carboxylic acids is 1. The third kappa shape index (κ3) is 4.03. The van der Waals surface area contributed by atoms with Crippen LogP contribution in [-0.2, 0) is 6.54 Å². The lowest BCUT2D eigenvalue weighted by Gasteiger charge is -2.16. The highest BCUT2D eigenvalue weighted by molar-refractivity contribution is 5.91. The molecule has 1 aromatic heterocycles. The van der Waals surface area contributed by atoms with Crippen molar-refractivity contribution in [3.63, 3.8) is 0 Å². The van der Waals surface area contributed by atoms with E-state index in [9.17, 15) is 14.4 Å². The van der Waals surface area contributed by atoms with Gasteiger partial charge >= 0.3 is 5.69 Å². The van der Waals surface area contributed by atoms with Crippen LogP contribution in [0.25, 0.3) is 5.69 Å². The van der Waals surface area contributed by atoms with Crippen molar-refractivity contribution < 1.29 is 4.79 Å². The third-order valence-electron chi connectivity index (χ3n) is 5.00. The number of nitrogens with zero attached hydrogens (tertiary/aromatic N) is 4.